The van der Waals surface area contributed by atoms with E-state index in [1.807, 2.05) is 6.92 Å². The number of imide groups is 1. The fraction of sp³-hybridized carbons (Fsp3) is 0.242. The molecule has 3 aromatic rings. The minimum atomic E-state index is -1.47. The molecule has 11 heteroatoms. The van der Waals surface area contributed by atoms with E-state index < -0.39 is 67.2 Å². The van der Waals surface area contributed by atoms with Crippen LogP contribution >= 0.6 is 0 Å². The molecule has 0 aromatic heterocycles. The van der Waals surface area contributed by atoms with Gasteiger partial charge in [0.05, 0.1) is 16.7 Å². The maximum atomic E-state index is 13.4. The van der Waals surface area contributed by atoms with E-state index in [0.717, 1.165) is 4.90 Å². The number of hydrogen-bond donors (Lipinski definition) is 0. The number of rotatable bonds is 9. The molecule has 3 aromatic carbocycles. The molecule has 2 amide bonds. The molecule has 0 radical (unpaired) electrons. The zero-order valence-corrected chi connectivity index (χ0v) is 23.6. The predicted octanol–water partition coefficient (Wildman–Crippen LogP) is 4.33. The lowest BCUT2D eigenvalue weighted by Gasteiger charge is -2.42. The first-order valence-corrected chi connectivity index (χ1v) is 14.0. The third-order valence-electron chi connectivity index (χ3n) is 6.95. The molecule has 0 bridgehead atoms. The average molecular weight is 600 g/mol. The number of amides is 2. The van der Waals surface area contributed by atoms with Gasteiger partial charge in [0, 0.05) is 0 Å². The molecule has 2 heterocycles. The lowest BCUT2D eigenvalue weighted by Crippen LogP contribution is -2.64. The Labute approximate surface area is 252 Å². The van der Waals surface area contributed by atoms with Crippen LogP contribution in [-0.4, -0.2) is 72.1 Å². The monoisotopic (exact) mass is 599 g/mol. The number of benzene rings is 3. The Morgan fingerprint density at radius 2 is 1.25 bits per heavy atom. The van der Waals surface area contributed by atoms with Crippen molar-refractivity contribution < 1.29 is 47.7 Å². The van der Waals surface area contributed by atoms with E-state index in [1.165, 1.54) is 30.3 Å². The van der Waals surface area contributed by atoms with Gasteiger partial charge in [-0.25, -0.2) is 24.1 Å². The number of fused-ring (bicyclic) bond motifs is 1. The Morgan fingerprint density at radius 3 is 1.77 bits per heavy atom. The summed E-state index contributed by atoms with van der Waals surface area (Å²) in [5.74, 6) is -3.04. The van der Waals surface area contributed by atoms with Crippen LogP contribution in [0.25, 0.3) is 0 Å². The molecule has 226 valence electrons. The lowest BCUT2D eigenvalue weighted by atomic mass is 9.95. The van der Waals surface area contributed by atoms with Crippen LogP contribution < -0.4 is 0 Å². The van der Waals surface area contributed by atoms with Gasteiger partial charge in [-0.2, -0.15) is 0 Å². The van der Waals surface area contributed by atoms with E-state index in [1.54, 1.807) is 72.8 Å². The zero-order valence-electron chi connectivity index (χ0n) is 23.6. The zero-order chi connectivity index (χ0) is 31.1. The van der Waals surface area contributed by atoms with Crippen molar-refractivity contribution in [1.82, 2.24) is 4.90 Å². The van der Waals surface area contributed by atoms with Crippen molar-refractivity contribution in [2.24, 2.45) is 0 Å². The van der Waals surface area contributed by atoms with Crippen molar-refractivity contribution in [1.29, 1.82) is 0 Å². The fourth-order valence-corrected chi connectivity index (χ4v) is 4.83. The van der Waals surface area contributed by atoms with Crippen molar-refractivity contribution in [2.75, 3.05) is 6.61 Å². The highest BCUT2D eigenvalue weighted by molar-refractivity contribution is 6.00. The second kappa shape index (κ2) is 13.8. The molecule has 5 rings (SSSR count). The van der Waals surface area contributed by atoms with E-state index >= 15 is 0 Å². The highest BCUT2D eigenvalue weighted by atomic mass is 16.7. The van der Waals surface area contributed by atoms with E-state index in [-0.39, 0.29) is 16.7 Å². The highest BCUT2D eigenvalue weighted by Gasteiger charge is 2.60. The topological polar surface area (TPSA) is 135 Å². The quantitative estimate of drug-likeness (QED) is 0.199. The Morgan fingerprint density at radius 1 is 0.750 bits per heavy atom. The fourth-order valence-electron chi connectivity index (χ4n) is 4.83. The second-order valence-electron chi connectivity index (χ2n) is 9.87. The van der Waals surface area contributed by atoms with Gasteiger partial charge in [-0.1, -0.05) is 67.6 Å². The summed E-state index contributed by atoms with van der Waals surface area (Å²) >= 11 is 0. The molecule has 0 saturated carbocycles. The largest absolute Gasteiger partial charge is 0.459 e. The third-order valence-corrected chi connectivity index (χ3v) is 6.95. The van der Waals surface area contributed by atoms with Gasteiger partial charge in [-0.05, 0) is 48.9 Å². The number of esters is 3. The van der Waals surface area contributed by atoms with E-state index in [9.17, 15) is 24.0 Å². The minimum Gasteiger partial charge on any atom is -0.459 e. The molecule has 2 aliphatic heterocycles. The Balaban J connectivity index is 1.52. The number of carbonyl (C=O) groups excluding carboxylic acids is 5. The predicted molar refractivity (Wildman–Crippen MR) is 153 cm³/mol. The first-order valence-electron chi connectivity index (χ1n) is 14.0. The number of carbonyl (C=O) groups is 5. The van der Waals surface area contributed by atoms with E-state index in [0.29, 0.717) is 6.42 Å². The summed E-state index contributed by atoms with van der Waals surface area (Å²) in [6, 6.07) is 22.9. The van der Waals surface area contributed by atoms with Crippen molar-refractivity contribution in [3.63, 3.8) is 0 Å². The standard InChI is InChI=1S/C33H29NO10/c1-2-3-19-25(35)34-26-28(43-31(38)23-17-11-6-12-18-23)27(42-30(37)22-15-9-5-10-16-22)24(41-32(26)44-33(34)39)20-40-29(36)21-13-7-4-8-14-21/h3-19,24,26-28,32H,2,20H2,1H3/b19-3+/t24-,26-,27-,28-,32-/m1/s1. The summed E-state index contributed by atoms with van der Waals surface area (Å²) in [4.78, 5) is 66.4. The van der Waals surface area contributed by atoms with E-state index in [2.05, 4.69) is 0 Å². The molecule has 11 nitrogen and oxygen atoms in total. The Kier molecular flexibility index (Phi) is 9.46. The summed E-state index contributed by atoms with van der Waals surface area (Å²) in [6.45, 7) is 1.34. The van der Waals surface area contributed by atoms with Crippen LogP contribution in [0.5, 0.6) is 0 Å². The summed E-state index contributed by atoms with van der Waals surface area (Å²) in [5, 5.41) is 0. The van der Waals surface area contributed by atoms with E-state index in [4.69, 9.17) is 23.7 Å². The summed E-state index contributed by atoms with van der Waals surface area (Å²) in [5.41, 5.74) is 0.614. The SMILES string of the molecule is CC/C=C/C(=O)N1C(=O)O[C@H]2O[C@H](COC(=O)c3ccccc3)[C@@H](OC(=O)c3ccccc3)[C@H](OC(=O)c3ccccc3)[C@H]21. The van der Waals surface area contributed by atoms with Gasteiger partial charge in [0.25, 0.3) is 5.91 Å². The van der Waals surface area contributed by atoms with Crippen molar-refractivity contribution in [3.05, 3.63) is 120 Å². The molecule has 2 fully saturated rings. The number of allylic oxidation sites excluding steroid dienone is 1. The first-order chi connectivity index (χ1) is 21.4. The summed E-state index contributed by atoms with van der Waals surface area (Å²) < 4.78 is 28.7. The van der Waals surface area contributed by atoms with Crippen LogP contribution in [0.1, 0.15) is 44.4 Å². The Bertz CT molecular complexity index is 1530. The van der Waals surface area contributed by atoms with Gasteiger partial charge < -0.3 is 23.7 Å². The van der Waals surface area contributed by atoms with Crippen molar-refractivity contribution >= 4 is 29.9 Å². The molecule has 0 aliphatic carbocycles. The van der Waals surface area contributed by atoms with Crippen LogP contribution in [0, 0.1) is 0 Å². The van der Waals surface area contributed by atoms with Gasteiger partial charge in [0.15, 0.2) is 12.2 Å². The maximum Gasteiger partial charge on any atom is 0.419 e. The molecule has 0 spiro atoms. The number of hydrogen-bond acceptors (Lipinski definition) is 10. The molecular weight excluding hydrogens is 570 g/mol. The van der Waals surface area contributed by atoms with Crippen LogP contribution in [0.3, 0.4) is 0 Å². The lowest BCUT2D eigenvalue weighted by molar-refractivity contribution is -0.240. The maximum absolute atomic E-state index is 13.4. The molecule has 0 N–H and O–H groups in total. The van der Waals surface area contributed by atoms with Crippen LogP contribution in [0.2, 0.25) is 0 Å². The smallest absolute Gasteiger partial charge is 0.419 e. The first kappa shape index (κ1) is 30.2. The van der Waals surface area contributed by atoms with Gasteiger partial charge in [-0.3, -0.25) is 4.79 Å². The van der Waals surface area contributed by atoms with Crippen LogP contribution in [0.4, 0.5) is 4.79 Å². The van der Waals surface area contributed by atoms with Gasteiger partial charge in [0.2, 0.25) is 6.29 Å². The molecule has 44 heavy (non-hydrogen) atoms. The second-order valence-corrected chi connectivity index (χ2v) is 9.87. The molecule has 2 saturated heterocycles. The van der Waals surface area contributed by atoms with Crippen molar-refractivity contribution in [2.45, 2.75) is 44.0 Å². The van der Waals surface area contributed by atoms with Gasteiger partial charge in [-0.15, -0.1) is 0 Å². The number of ether oxygens (including phenoxy) is 5. The minimum absolute atomic E-state index is 0.171. The van der Waals surface area contributed by atoms with Crippen molar-refractivity contribution in [3.8, 4) is 0 Å². The van der Waals surface area contributed by atoms with Gasteiger partial charge in [0.1, 0.15) is 18.8 Å². The molecule has 2 aliphatic rings. The average Bonchev–Trinajstić information content (AvgIpc) is 3.40. The molecule has 5 atom stereocenters. The number of nitrogens with zero attached hydrogens (tertiary/aromatic N) is 1. The summed E-state index contributed by atoms with van der Waals surface area (Å²) in [7, 11) is 0. The molecular formula is C33H29NO10. The Hall–Kier alpha value is -5.29. The van der Waals surface area contributed by atoms with Crippen LogP contribution in [-0.2, 0) is 28.5 Å². The third kappa shape index (κ3) is 6.68. The normalized spacial score (nSPS) is 22.5. The molecule has 0 unspecified atom stereocenters. The van der Waals surface area contributed by atoms with Crippen LogP contribution in [0.15, 0.2) is 103 Å². The summed E-state index contributed by atoms with van der Waals surface area (Å²) in [6.07, 6.45) is -3.39. The highest BCUT2D eigenvalue weighted by Crippen LogP contribution is 2.36. The van der Waals surface area contributed by atoms with Gasteiger partial charge >= 0.3 is 24.0 Å².